The van der Waals surface area contributed by atoms with Crippen LogP contribution in [0.5, 0.6) is 0 Å². The second-order valence-electron chi connectivity index (χ2n) is 4.99. The van der Waals surface area contributed by atoms with Crippen molar-refractivity contribution in [3.05, 3.63) is 11.1 Å². The average Bonchev–Trinajstić information content (AvgIpc) is 2.29. The molecule has 0 amide bonds. The van der Waals surface area contributed by atoms with Crippen molar-refractivity contribution in [1.82, 2.24) is 0 Å². The number of hydrogen-bond acceptors (Lipinski definition) is 4. The number of alkyl halides is 2. The molecular weight excluding hydrogens is 275 g/mol. The van der Waals surface area contributed by atoms with Crippen molar-refractivity contribution in [2.24, 2.45) is 5.41 Å². The van der Waals surface area contributed by atoms with E-state index in [1.54, 1.807) is 32.9 Å². The van der Waals surface area contributed by atoms with Crippen LogP contribution in [0.3, 0.4) is 0 Å². The molecule has 0 spiro atoms. The van der Waals surface area contributed by atoms with Gasteiger partial charge in [0.25, 0.3) is 0 Å². The lowest BCUT2D eigenvalue weighted by molar-refractivity contribution is -0.126. The number of ketones is 2. The third kappa shape index (κ3) is 1.73. The highest BCUT2D eigenvalue weighted by molar-refractivity contribution is 6.52. The fraction of sp³-hybridized carbons (Fsp3) is 0.500. The standard InChI is InChI=1S/C12H10Cl2N2O2/c1-11(2,3)12(14)9(13)8(17)6(4-15)7(5-16)10(12)18/h9H,1-3H3. The first-order chi connectivity index (χ1) is 8.12. The zero-order chi connectivity index (χ0) is 14.3. The lowest BCUT2D eigenvalue weighted by Crippen LogP contribution is -2.58. The first-order valence-electron chi connectivity index (χ1n) is 5.09. The Morgan fingerprint density at radius 2 is 1.61 bits per heavy atom. The quantitative estimate of drug-likeness (QED) is 0.638. The normalized spacial score (nSPS) is 28.9. The third-order valence-electron chi connectivity index (χ3n) is 2.95. The number of Topliss-reactive ketones (excluding diaryl/α,β-unsaturated/α-hetero) is 2. The van der Waals surface area contributed by atoms with E-state index < -0.39 is 38.4 Å². The van der Waals surface area contributed by atoms with Crippen molar-refractivity contribution in [1.29, 1.82) is 10.5 Å². The summed E-state index contributed by atoms with van der Waals surface area (Å²) in [7, 11) is 0. The van der Waals surface area contributed by atoms with Crippen LogP contribution in [0.4, 0.5) is 0 Å². The summed E-state index contributed by atoms with van der Waals surface area (Å²) in [5.41, 5.74) is -1.86. The minimum Gasteiger partial charge on any atom is -0.292 e. The Morgan fingerprint density at radius 3 is 1.94 bits per heavy atom. The van der Waals surface area contributed by atoms with Crippen LogP contribution >= 0.6 is 23.2 Å². The van der Waals surface area contributed by atoms with E-state index >= 15 is 0 Å². The molecule has 2 unspecified atom stereocenters. The first kappa shape index (κ1) is 14.7. The van der Waals surface area contributed by atoms with Gasteiger partial charge >= 0.3 is 0 Å². The average molecular weight is 285 g/mol. The van der Waals surface area contributed by atoms with Gasteiger partial charge in [0.1, 0.15) is 33.5 Å². The molecule has 18 heavy (non-hydrogen) atoms. The smallest absolute Gasteiger partial charge is 0.198 e. The van der Waals surface area contributed by atoms with Gasteiger partial charge in [-0.3, -0.25) is 9.59 Å². The molecule has 0 N–H and O–H groups in total. The van der Waals surface area contributed by atoms with E-state index in [2.05, 4.69) is 0 Å². The van der Waals surface area contributed by atoms with Crippen molar-refractivity contribution in [3.63, 3.8) is 0 Å². The predicted octanol–water partition coefficient (Wildman–Crippen LogP) is 2.11. The van der Waals surface area contributed by atoms with E-state index in [9.17, 15) is 9.59 Å². The van der Waals surface area contributed by atoms with E-state index in [0.29, 0.717) is 0 Å². The first-order valence-corrected chi connectivity index (χ1v) is 5.90. The summed E-state index contributed by atoms with van der Waals surface area (Å²) in [4.78, 5) is 22.5. The molecular formula is C12H10Cl2N2O2. The van der Waals surface area contributed by atoms with Gasteiger partial charge in [-0.25, -0.2) is 0 Å². The number of nitrogens with zero attached hydrogens (tertiary/aromatic N) is 2. The number of allylic oxidation sites excluding steroid dienone is 2. The fourth-order valence-electron chi connectivity index (χ4n) is 1.78. The maximum atomic E-state index is 12.3. The number of carbonyl (C=O) groups is 2. The summed E-state index contributed by atoms with van der Waals surface area (Å²) in [6.07, 6.45) is 0. The monoisotopic (exact) mass is 284 g/mol. The van der Waals surface area contributed by atoms with E-state index in [1.807, 2.05) is 0 Å². The molecule has 0 saturated heterocycles. The summed E-state index contributed by atoms with van der Waals surface area (Å²) < 4.78 is 0. The van der Waals surface area contributed by atoms with Gasteiger partial charge in [-0.05, 0) is 5.41 Å². The molecule has 0 aromatic heterocycles. The van der Waals surface area contributed by atoms with Crippen LogP contribution in [0.25, 0.3) is 0 Å². The molecule has 0 radical (unpaired) electrons. The lowest BCUT2D eigenvalue weighted by Gasteiger charge is -2.42. The highest BCUT2D eigenvalue weighted by atomic mass is 35.5. The molecule has 0 bridgehead atoms. The number of hydrogen-bond donors (Lipinski definition) is 0. The predicted molar refractivity (Wildman–Crippen MR) is 65.9 cm³/mol. The Labute approximate surface area is 115 Å². The molecule has 2 atom stereocenters. The minimum absolute atomic E-state index is 0.510. The maximum absolute atomic E-state index is 12.3. The Balaban J connectivity index is 3.65. The molecule has 6 heteroatoms. The van der Waals surface area contributed by atoms with Gasteiger partial charge in [0.15, 0.2) is 11.6 Å². The Morgan fingerprint density at radius 1 is 1.17 bits per heavy atom. The molecule has 94 valence electrons. The molecule has 0 aromatic rings. The second kappa shape index (κ2) is 4.39. The van der Waals surface area contributed by atoms with Crippen LogP contribution in [0.15, 0.2) is 11.1 Å². The summed E-state index contributed by atoms with van der Waals surface area (Å²) in [6.45, 7) is 4.94. The minimum atomic E-state index is -1.73. The number of rotatable bonds is 0. The van der Waals surface area contributed by atoms with Crippen molar-refractivity contribution in [3.8, 4) is 12.1 Å². The summed E-state index contributed by atoms with van der Waals surface area (Å²) >= 11 is 12.2. The van der Waals surface area contributed by atoms with E-state index in [1.165, 1.54) is 0 Å². The summed E-state index contributed by atoms with van der Waals surface area (Å²) in [6, 6.07) is 3.13. The summed E-state index contributed by atoms with van der Waals surface area (Å²) in [5.74, 6) is -1.55. The SMILES string of the molecule is CC(C)(C)C1(Cl)C(=O)C(C#N)=C(C#N)C(=O)C1Cl. The maximum Gasteiger partial charge on any atom is 0.198 e. The van der Waals surface area contributed by atoms with Crippen LogP contribution < -0.4 is 0 Å². The van der Waals surface area contributed by atoms with Gasteiger partial charge in [0.05, 0.1) is 0 Å². The van der Waals surface area contributed by atoms with Gasteiger partial charge in [0, 0.05) is 0 Å². The molecule has 0 fully saturated rings. The third-order valence-corrected chi connectivity index (χ3v) is 4.54. The van der Waals surface area contributed by atoms with Gasteiger partial charge in [-0.15, -0.1) is 23.2 Å². The van der Waals surface area contributed by atoms with Crippen LogP contribution in [0.2, 0.25) is 0 Å². The van der Waals surface area contributed by atoms with Crippen LogP contribution in [-0.2, 0) is 9.59 Å². The molecule has 0 aromatic carbocycles. The molecule has 1 rings (SSSR count). The molecule has 0 saturated carbocycles. The number of carbonyl (C=O) groups excluding carboxylic acids is 2. The Bertz CT molecular complexity index is 546. The van der Waals surface area contributed by atoms with Gasteiger partial charge < -0.3 is 0 Å². The molecule has 1 aliphatic rings. The molecule has 0 aliphatic heterocycles. The van der Waals surface area contributed by atoms with Crippen molar-refractivity contribution in [2.75, 3.05) is 0 Å². The molecule has 4 nitrogen and oxygen atoms in total. The highest BCUT2D eigenvalue weighted by Gasteiger charge is 2.59. The Hall–Kier alpha value is -1.36. The van der Waals surface area contributed by atoms with Gasteiger partial charge in [-0.1, -0.05) is 20.8 Å². The van der Waals surface area contributed by atoms with Crippen molar-refractivity contribution in [2.45, 2.75) is 31.0 Å². The summed E-state index contributed by atoms with van der Waals surface area (Å²) in [5, 5.41) is 16.4. The lowest BCUT2D eigenvalue weighted by atomic mass is 9.68. The molecule has 0 heterocycles. The van der Waals surface area contributed by atoms with Crippen LogP contribution in [-0.4, -0.2) is 21.8 Å². The van der Waals surface area contributed by atoms with Gasteiger partial charge in [0.2, 0.25) is 0 Å². The second-order valence-corrected chi connectivity index (χ2v) is 6.02. The van der Waals surface area contributed by atoms with E-state index in [0.717, 1.165) is 0 Å². The van der Waals surface area contributed by atoms with E-state index in [4.69, 9.17) is 33.7 Å². The number of halogens is 2. The Kier molecular flexibility index (Phi) is 3.58. The zero-order valence-corrected chi connectivity index (χ0v) is 11.6. The van der Waals surface area contributed by atoms with Crippen LogP contribution in [0.1, 0.15) is 20.8 Å². The number of nitriles is 2. The van der Waals surface area contributed by atoms with Crippen molar-refractivity contribution < 1.29 is 9.59 Å². The largest absolute Gasteiger partial charge is 0.292 e. The van der Waals surface area contributed by atoms with E-state index in [-0.39, 0.29) is 0 Å². The topological polar surface area (TPSA) is 81.7 Å². The van der Waals surface area contributed by atoms with Crippen molar-refractivity contribution >= 4 is 34.8 Å². The molecule has 1 aliphatic carbocycles. The zero-order valence-electron chi connectivity index (χ0n) is 10.0. The van der Waals surface area contributed by atoms with Crippen LogP contribution in [0, 0.1) is 28.1 Å². The fourth-order valence-corrected chi connectivity index (χ4v) is 2.51. The highest BCUT2D eigenvalue weighted by Crippen LogP contribution is 2.47. The van der Waals surface area contributed by atoms with Gasteiger partial charge in [-0.2, -0.15) is 10.5 Å².